The first-order valence-corrected chi connectivity index (χ1v) is 7.86. The molecule has 0 saturated heterocycles. The highest BCUT2D eigenvalue weighted by Crippen LogP contribution is 2.46. The first-order chi connectivity index (χ1) is 11.4. The number of hydrogen-bond donors (Lipinski definition) is 1. The fourth-order valence-corrected chi connectivity index (χ4v) is 2.97. The first kappa shape index (κ1) is 16.4. The molecule has 6 heteroatoms. The summed E-state index contributed by atoms with van der Waals surface area (Å²) in [5.74, 6) is -1.69. The van der Waals surface area contributed by atoms with Crippen LogP contribution in [0.25, 0.3) is 0 Å². The quantitative estimate of drug-likeness (QED) is 0.936. The largest absolute Gasteiger partial charge is 0.342 e. The Morgan fingerprint density at radius 1 is 1.25 bits per heavy atom. The van der Waals surface area contributed by atoms with Crippen LogP contribution in [0.2, 0.25) is 0 Å². The second kappa shape index (κ2) is 5.85. The van der Waals surface area contributed by atoms with Crippen LogP contribution < -0.4 is 10.9 Å². The van der Waals surface area contributed by atoms with Gasteiger partial charge in [0.05, 0.1) is 5.54 Å². The van der Waals surface area contributed by atoms with E-state index in [1.165, 1.54) is 10.6 Å². The van der Waals surface area contributed by atoms with Gasteiger partial charge in [-0.1, -0.05) is 0 Å². The topological polar surface area (TPSA) is 51.1 Å². The van der Waals surface area contributed by atoms with Crippen molar-refractivity contribution in [2.24, 2.45) is 0 Å². The third-order valence-electron chi connectivity index (χ3n) is 4.50. The van der Waals surface area contributed by atoms with Crippen molar-refractivity contribution >= 4 is 5.91 Å². The van der Waals surface area contributed by atoms with Gasteiger partial charge in [0, 0.05) is 17.8 Å². The van der Waals surface area contributed by atoms with E-state index in [1.807, 2.05) is 6.92 Å². The molecule has 1 aromatic heterocycles. The number of aromatic nitrogens is 1. The summed E-state index contributed by atoms with van der Waals surface area (Å²) < 4.78 is 29.0. The second-order valence-electron chi connectivity index (χ2n) is 6.10. The van der Waals surface area contributed by atoms with Crippen molar-refractivity contribution < 1.29 is 13.6 Å². The van der Waals surface area contributed by atoms with Crippen molar-refractivity contribution in [3.8, 4) is 0 Å². The summed E-state index contributed by atoms with van der Waals surface area (Å²) in [5.41, 5.74) is -0.427. The maximum Gasteiger partial charge on any atom is 0.263 e. The van der Waals surface area contributed by atoms with E-state index in [-0.39, 0.29) is 16.7 Å². The summed E-state index contributed by atoms with van der Waals surface area (Å²) in [6.07, 6.45) is 1.01. The molecule has 0 aliphatic heterocycles. The molecule has 1 N–H and O–H groups in total. The molecular formula is C18H18F2N2O2. The van der Waals surface area contributed by atoms with Crippen molar-refractivity contribution in [1.82, 2.24) is 9.88 Å². The average Bonchev–Trinajstić information content (AvgIpc) is 3.30. The van der Waals surface area contributed by atoms with E-state index in [1.54, 1.807) is 13.0 Å². The SMILES string of the molecule is CCn1c(C)ccc(C(=O)NC2(c3cc(F)ccc3F)CC2)c1=O. The van der Waals surface area contributed by atoms with Crippen LogP contribution in [-0.4, -0.2) is 10.5 Å². The molecule has 0 atom stereocenters. The number of benzene rings is 1. The lowest BCUT2D eigenvalue weighted by atomic mass is 10.0. The molecule has 1 aromatic carbocycles. The van der Waals surface area contributed by atoms with Crippen molar-refractivity contribution in [1.29, 1.82) is 0 Å². The predicted molar refractivity (Wildman–Crippen MR) is 85.8 cm³/mol. The molecule has 1 saturated carbocycles. The number of carbonyl (C=O) groups is 1. The van der Waals surface area contributed by atoms with Crippen molar-refractivity contribution in [3.05, 3.63) is 69.1 Å². The average molecular weight is 332 g/mol. The molecule has 1 aliphatic rings. The maximum atomic E-state index is 14.0. The number of rotatable bonds is 4. The van der Waals surface area contributed by atoms with E-state index in [9.17, 15) is 18.4 Å². The predicted octanol–water partition coefficient (Wildman–Crippen LogP) is 2.87. The Kier molecular flexibility index (Phi) is 3.99. The van der Waals surface area contributed by atoms with Crippen LogP contribution in [-0.2, 0) is 12.1 Å². The molecule has 1 heterocycles. The molecule has 1 amide bonds. The van der Waals surface area contributed by atoms with Gasteiger partial charge in [-0.2, -0.15) is 0 Å². The molecule has 3 rings (SSSR count). The highest BCUT2D eigenvalue weighted by Gasteiger charge is 2.48. The fraction of sp³-hybridized carbons (Fsp3) is 0.333. The van der Waals surface area contributed by atoms with Crippen molar-refractivity contribution in [2.75, 3.05) is 0 Å². The van der Waals surface area contributed by atoms with Crippen LogP contribution in [0.15, 0.2) is 35.1 Å². The van der Waals surface area contributed by atoms with Gasteiger partial charge in [0.1, 0.15) is 17.2 Å². The zero-order chi connectivity index (χ0) is 17.5. The number of hydrogen-bond acceptors (Lipinski definition) is 2. The Hall–Kier alpha value is -2.50. The minimum Gasteiger partial charge on any atom is -0.342 e. The fourth-order valence-electron chi connectivity index (χ4n) is 2.97. The summed E-state index contributed by atoms with van der Waals surface area (Å²) >= 11 is 0. The Morgan fingerprint density at radius 2 is 1.96 bits per heavy atom. The number of nitrogens with zero attached hydrogens (tertiary/aromatic N) is 1. The monoisotopic (exact) mass is 332 g/mol. The molecule has 1 fully saturated rings. The standard InChI is InChI=1S/C18H18F2N2O2/c1-3-22-11(2)4-6-13(17(22)24)16(23)21-18(8-9-18)14-10-12(19)5-7-15(14)20/h4-7,10H,3,8-9H2,1-2H3,(H,21,23). The van der Waals surface area contributed by atoms with Gasteiger partial charge in [-0.25, -0.2) is 8.78 Å². The van der Waals surface area contributed by atoms with Gasteiger partial charge in [0.25, 0.3) is 11.5 Å². The lowest BCUT2D eigenvalue weighted by Gasteiger charge is -2.19. The molecule has 0 spiro atoms. The maximum absolute atomic E-state index is 14.0. The summed E-state index contributed by atoms with van der Waals surface area (Å²) in [7, 11) is 0. The van der Waals surface area contributed by atoms with Crippen LogP contribution in [0.5, 0.6) is 0 Å². The van der Waals surface area contributed by atoms with Gasteiger partial charge in [-0.15, -0.1) is 0 Å². The third kappa shape index (κ3) is 2.72. The minimum absolute atomic E-state index is 0.00513. The normalized spacial score (nSPS) is 15.2. The van der Waals surface area contributed by atoms with E-state index in [2.05, 4.69) is 5.32 Å². The van der Waals surface area contributed by atoms with Gasteiger partial charge in [-0.05, 0) is 57.0 Å². The molecule has 0 radical (unpaired) electrons. The lowest BCUT2D eigenvalue weighted by Crippen LogP contribution is -2.39. The minimum atomic E-state index is -0.933. The van der Waals surface area contributed by atoms with E-state index in [4.69, 9.17) is 0 Å². The van der Waals surface area contributed by atoms with Crippen LogP contribution in [0.1, 0.15) is 41.4 Å². The molecular weight excluding hydrogens is 314 g/mol. The van der Waals surface area contributed by atoms with Gasteiger partial charge in [0.15, 0.2) is 0 Å². The second-order valence-corrected chi connectivity index (χ2v) is 6.10. The zero-order valence-electron chi connectivity index (χ0n) is 13.5. The summed E-state index contributed by atoms with van der Waals surface area (Å²) in [4.78, 5) is 24.9. The molecule has 24 heavy (non-hydrogen) atoms. The van der Waals surface area contributed by atoms with Crippen LogP contribution in [0.4, 0.5) is 8.78 Å². The van der Waals surface area contributed by atoms with Crippen LogP contribution >= 0.6 is 0 Å². The molecule has 1 aliphatic carbocycles. The van der Waals surface area contributed by atoms with Crippen molar-refractivity contribution in [3.63, 3.8) is 0 Å². The molecule has 126 valence electrons. The number of amides is 1. The molecule has 0 unspecified atom stereocenters. The molecule has 2 aromatic rings. The Morgan fingerprint density at radius 3 is 2.58 bits per heavy atom. The van der Waals surface area contributed by atoms with Gasteiger partial charge in [-0.3, -0.25) is 9.59 Å². The number of nitrogens with one attached hydrogen (secondary N) is 1. The van der Waals surface area contributed by atoms with E-state index < -0.39 is 23.1 Å². The highest BCUT2D eigenvalue weighted by atomic mass is 19.1. The zero-order valence-corrected chi connectivity index (χ0v) is 13.5. The van der Waals surface area contributed by atoms with Crippen molar-refractivity contribution in [2.45, 2.75) is 38.8 Å². The van der Waals surface area contributed by atoms with Gasteiger partial charge < -0.3 is 9.88 Å². The highest BCUT2D eigenvalue weighted by molar-refractivity contribution is 5.94. The van der Waals surface area contributed by atoms with Gasteiger partial charge >= 0.3 is 0 Å². The number of aryl methyl sites for hydroxylation is 1. The lowest BCUT2D eigenvalue weighted by molar-refractivity contribution is 0.0928. The van der Waals surface area contributed by atoms with Crippen LogP contribution in [0, 0.1) is 18.6 Å². The first-order valence-electron chi connectivity index (χ1n) is 7.86. The number of pyridine rings is 1. The van der Waals surface area contributed by atoms with E-state index in [0.717, 1.165) is 23.9 Å². The summed E-state index contributed by atoms with van der Waals surface area (Å²) in [6.45, 7) is 4.06. The van der Waals surface area contributed by atoms with E-state index >= 15 is 0 Å². The molecule has 4 nitrogen and oxygen atoms in total. The Bertz CT molecular complexity index is 870. The molecule has 0 bridgehead atoms. The van der Waals surface area contributed by atoms with Crippen LogP contribution in [0.3, 0.4) is 0 Å². The third-order valence-corrected chi connectivity index (χ3v) is 4.50. The summed E-state index contributed by atoms with van der Waals surface area (Å²) in [5, 5.41) is 2.72. The van der Waals surface area contributed by atoms with Gasteiger partial charge in [0.2, 0.25) is 0 Å². The Labute approximate surface area is 138 Å². The number of carbonyl (C=O) groups excluding carboxylic acids is 1. The smallest absolute Gasteiger partial charge is 0.263 e. The Balaban J connectivity index is 1.93. The number of halogens is 2. The summed E-state index contributed by atoms with van der Waals surface area (Å²) in [6, 6.07) is 6.35. The van der Waals surface area contributed by atoms with E-state index in [0.29, 0.717) is 19.4 Å².